The molecule has 2 unspecified atom stereocenters. The van der Waals surface area contributed by atoms with Crippen molar-refractivity contribution in [1.82, 2.24) is 24.9 Å². The molecule has 3 aliphatic rings. The Labute approximate surface area is 134 Å². The lowest BCUT2D eigenvalue weighted by atomic mass is 10.1. The number of nitrogens with zero attached hydrogens (tertiary/aromatic N) is 4. The van der Waals surface area contributed by atoms with Crippen LogP contribution in [0.25, 0.3) is 0 Å². The van der Waals surface area contributed by atoms with Crippen molar-refractivity contribution in [2.75, 3.05) is 31.1 Å². The van der Waals surface area contributed by atoms with Crippen LogP contribution in [0.2, 0.25) is 0 Å². The van der Waals surface area contributed by atoms with Crippen LogP contribution in [0.5, 0.6) is 0 Å². The largest absolute Gasteiger partial charge is 0.344 e. The molecule has 8 heteroatoms. The second kappa shape index (κ2) is 5.75. The molecule has 0 aromatic carbocycles. The third-order valence-electron chi connectivity index (χ3n) is 4.73. The Morgan fingerprint density at radius 3 is 2.64 bits per heavy atom. The first kappa shape index (κ1) is 14.3. The summed E-state index contributed by atoms with van der Waals surface area (Å²) in [4.78, 5) is 21.0. The van der Waals surface area contributed by atoms with Gasteiger partial charge in [-0.05, 0) is 25.7 Å². The van der Waals surface area contributed by atoms with Crippen molar-refractivity contribution in [3.05, 3.63) is 5.82 Å². The summed E-state index contributed by atoms with van der Waals surface area (Å²) in [5.74, 6) is 1.73. The molecule has 2 aliphatic heterocycles. The smallest absolute Gasteiger partial charge is 0.223 e. The number of anilines is 1. The van der Waals surface area contributed by atoms with Gasteiger partial charge in [0, 0.05) is 50.2 Å². The normalized spacial score (nSPS) is 30.4. The molecule has 1 aliphatic carbocycles. The van der Waals surface area contributed by atoms with E-state index in [0.29, 0.717) is 18.4 Å². The number of aromatic nitrogens is 2. The first-order valence-electron chi connectivity index (χ1n) is 8.04. The molecule has 0 bridgehead atoms. The lowest BCUT2D eigenvalue weighted by Crippen LogP contribution is -2.67. The van der Waals surface area contributed by atoms with Crippen LogP contribution < -0.4 is 15.5 Å². The van der Waals surface area contributed by atoms with E-state index >= 15 is 0 Å². The van der Waals surface area contributed by atoms with Gasteiger partial charge in [-0.2, -0.15) is 4.37 Å². The zero-order chi connectivity index (χ0) is 15.1. The molecule has 7 nitrogen and oxygen atoms in total. The van der Waals surface area contributed by atoms with Crippen LogP contribution in [-0.4, -0.2) is 58.7 Å². The minimum absolute atomic E-state index is 0.00911. The highest BCUT2D eigenvalue weighted by molar-refractivity contribution is 7.09. The molecule has 22 heavy (non-hydrogen) atoms. The molecule has 1 aromatic heterocycles. The SMILES string of the molecule is Cc1nsc(N2CCN(C3NC(=O)CC(C4CC4)N3)CC2)n1. The Morgan fingerprint density at radius 1 is 1.23 bits per heavy atom. The monoisotopic (exact) mass is 322 g/mol. The molecule has 4 rings (SSSR count). The van der Waals surface area contributed by atoms with Gasteiger partial charge in [-0.3, -0.25) is 15.0 Å². The third kappa shape index (κ3) is 2.95. The fourth-order valence-electron chi connectivity index (χ4n) is 3.30. The number of hydrogen-bond acceptors (Lipinski definition) is 7. The minimum atomic E-state index is -0.00911. The zero-order valence-corrected chi connectivity index (χ0v) is 13.6. The van der Waals surface area contributed by atoms with Crippen LogP contribution in [0.15, 0.2) is 0 Å². The molecule has 2 atom stereocenters. The van der Waals surface area contributed by atoms with E-state index in [9.17, 15) is 4.79 Å². The van der Waals surface area contributed by atoms with Gasteiger partial charge in [-0.25, -0.2) is 4.98 Å². The summed E-state index contributed by atoms with van der Waals surface area (Å²) in [5, 5.41) is 7.72. The topological polar surface area (TPSA) is 73.4 Å². The Bertz CT molecular complexity index is 551. The van der Waals surface area contributed by atoms with Gasteiger partial charge < -0.3 is 10.2 Å². The van der Waals surface area contributed by atoms with E-state index in [2.05, 4.69) is 29.8 Å². The summed E-state index contributed by atoms with van der Waals surface area (Å²) in [6.07, 6.45) is 3.15. The predicted octanol–water partition coefficient (Wildman–Crippen LogP) is 0.140. The third-order valence-corrected chi connectivity index (χ3v) is 5.60. The van der Waals surface area contributed by atoms with Gasteiger partial charge >= 0.3 is 0 Å². The quantitative estimate of drug-likeness (QED) is 0.825. The van der Waals surface area contributed by atoms with Crippen LogP contribution in [-0.2, 0) is 4.79 Å². The summed E-state index contributed by atoms with van der Waals surface area (Å²) in [5.41, 5.74) is 0. The highest BCUT2D eigenvalue weighted by Crippen LogP contribution is 2.35. The molecule has 2 saturated heterocycles. The van der Waals surface area contributed by atoms with Crippen molar-refractivity contribution in [2.24, 2.45) is 5.92 Å². The molecule has 1 amide bonds. The summed E-state index contributed by atoms with van der Waals surface area (Å²) < 4.78 is 4.25. The van der Waals surface area contributed by atoms with Crippen molar-refractivity contribution >= 4 is 22.6 Å². The maximum absolute atomic E-state index is 11.9. The van der Waals surface area contributed by atoms with E-state index in [4.69, 9.17) is 0 Å². The highest BCUT2D eigenvalue weighted by atomic mass is 32.1. The van der Waals surface area contributed by atoms with Crippen LogP contribution in [0, 0.1) is 12.8 Å². The Balaban J connectivity index is 1.35. The van der Waals surface area contributed by atoms with E-state index in [0.717, 1.165) is 37.1 Å². The van der Waals surface area contributed by atoms with E-state index < -0.39 is 0 Å². The van der Waals surface area contributed by atoms with Crippen molar-refractivity contribution in [3.63, 3.8) is 0 Å². The van der Waals surface area contributed by atoms with Crippen molar-refractivity contribution in [2.45, 2.75) is 38.5 Å². The number of hydrogen-bond donors (Lipinski definition) is 2. The summed E-state index contributed by atoms with van der Waals surface area (Å²) in [6, 6.07) is 0.364. The molecular weight excluding hydrogens is 300 g/mol. The lowest BCUT2D eigenvalue weighted by Gasteiger charge is -2.43. The maximum Gasteiger partial charge on any atom is 0.223 e. The first-order valence-corrected chi connectivity index (χ1v) is 8.81. The number of amides is 1. The second-order valence-electron chi connectivity index (χ2n) is 6.43. The van der Waals surface area contributed by atoms with E-state index in [1.165, 1.54) is 24.4 Å². The molecular formula is C14H22N6OS. The molecule has 0 spiro atoms. The number of rotatable bonds is 3. The van der Waals surface area contributed by atoms with Crippen molar-refractivity contribution in [1.29, 1.82) is 0 Å². The Morgan fingerprint density at radius 2 is 2.00 bits per heavy atom. The predicted molar refractivity (Wildman–Crippen MR) is 84.6 cm³/mol. The number of carbonyl (C=O) groups excluding carboxylic acids is 1. The molecule has 0 radical (unpaired) electrons. The second-order valence-corrected chi connectivity index (χ2v) is 7.16. The van der Waals surface area contributed by atoms with Gasteiger partial charge in [0.05, 0.1) is 0 Å². The molecule has 120 valence electrons. The number of nitrogens with one attached hydrogen (secondary N) is 2. The Kier molecular flexibility index (Phi) is 3.75. The first-order chi connectivity index (χ1) is 10.7. The van der Waals surface area contributed by atoms with Gasteiger partial charge in [-0.1, -0.05) is 0 Å². The summed E-state index contributed by atoms with van der Waals surface area (Å²) in [6.45, 7) is 5.63. The van der Waals surface area contributed by atoms with Crippen LogP contribution >= 0.6 is 11.5 Å². The summed E-state index contributed by atoms with van der Waals surface area (Å²) >= 11 is 1.47. The number of piperazine rings is 1. The van der Waals surface area contributed by atoms with Gasteiger partial charge in [0.1, 0.15) is 12.1 Å². The van der Waals surface area contributed by atoms with Crippen molar-refractivity contribution < 1.29 is 4.79 Å². The number of aryl methyl sites for hydroxylation is 1. The standard InChI is InChI=1S/C14H22N6OS/c1-9-15-14(22-18-9)20-6-4-19(5-7-20)13-16-11(10-2-3-10)8-12(21)17-13/h10-11,13,16H,2-8H2,1H3,(H,17,21). The fourth-order valence-corrected chi connectivity index (χ4v) is 4.02. The van der Waals surface area contributed by atoms with E-state index in [-0.39, 0.29) is 12.2 Å². The zero-order valence-electron chi connectivity index (χ0n) is 12.8. The van der Waals surface area contributed by atoms with Gasteiger partial charge in [0.15, 0.2) is 0 Å². The highest BCUT2D eigenvalue weighted by Gasteiger charge is 2.39. The van der Waals surface area contributed by atoms with Crippen molar-refractivity contribution in [3.8, 4) is 0 Å². The molecule has 1 aromatic rings. The average molecular weight is 322 g/mol. The van der Waals surface area contributed by atoms with Gasteiger partial charge in [0.2, 0.25) is 11.0 Å². The van der Waals surface area contributed by atoms with E-state index in [1.807, 2.05) is 6.92 Å². The average Bonchev–Trinajstić information content (AvgIpc) is 3.29. The molecule has 2 N–H and O–H groups in total. The fraction of sp³-hybridized carbons (Fsp3) is 0.786. The van der Waals surface area contributed by atoms with Crippen LogP contribution in [0.3, 0.4) is 0 Å². The molecule has 3 fully saturated rings. The summed E-state index contributed by atoms with van der Waals surface area (Å²) in [7, 11) is 0. The molecule has 1 saturated carbocycles. The van der Waals surface area contributed by atoms with Gasteiger partial charge in [0.25, 0.3) is 0 Å². The minimum Gasteiger partial charge on any atom is -0.344 e. The number of carbonyl (C=O) groups is 1. The van der Waals surface area contributed by atoms with Crippen LogP contribution in [0.1, 0.15) is 25.1 Å². The maximum atomic E-state index is 11.9. The Hall–Kier alpha value is -1.25. The molecule has 3 heterocycles. The van der Waals surface area contributed by atoms with Gasteiger partial charge in [-0.15, -0.1) is 0 Å². The van der Waals surface area contributed by atoms with Crippen LogP contribution in [0.4, 0.5) is 5.13 Å². The lowest BCUT2D eigenvalue weighted by molar-refractivity contribution is -0.127. The van der Waals surface area contributed by atoms with E-state index in [1.54, 1.807) is 0 Å².